The van der Waals surface area contributed by atoms with E-state index in [0.717, 1.165) is 0 Å². The van der Waals surface area contributed by atoms with Gasteiger partial charge < -0.3 is 14.8 Å². The molecule has 0 aliphatic heterocycles. The van der Waals surface area contributed by atoms with Crippen LogP contribution in [0.2, 0.25) is 5.02 Å². The summed E-state index contributed by atoms with van der Waals surface area (Å²) in [6.07, 6.45) is -8.44. The highest BCUT2D eigenvalue weighted by Gasteiger charge is 2.61. The van der Waals surface area contributed by atoms with E-state index in [-0.39, 0.29) is 6.61 Å². The molecule has 0 saturated carbocycles. The Morgan fingerprint density at radius 3 is 2.25 bits per heavy atom. The Morgan fingerprint density at radius 1 is 1.16 bits per heavy atom. The third-order valence-corrected chi connectivity index (χ3v) is 3.75. The number of hydrogen-bond acceptors (Lipinski definition) is 5. The summed E-state index contributed by atoms with van der Waals surface area (Å²) in [4.78, 5) is 38.0. The molecule has 0 atom stereocenters. The number of anilines is 1. The molecule has 0 spiro atoms. The normalized spacial score (nSPS) is 12.5. The maximum absolute atomic E-state index is 14.1. The fourth-order valence-corrected chi connectivity index (χ4v) is 2.31. The lowest BCUT2D eigenvalue weighted by Gasteiger charge is -2.21. The molecule has 178 valence electrons. The molecule has 1 rings (SSSR count). The molecular weight excluding hydrogens is 474 g/mol. The Bertz CT molecular complexity index is 918. The number of halogens is 7. The van der Waals surface area contributed by atoms with Crippen LogP contribution in [0.5, 0.6) is 0 Å². The number of esters is 2. The summed E-state index contributed by atoms with van der Waals surface area (Å²) in [6.45, 7) is 3.94. The molecule has 0 aromatic heterocycles. The van der Waals surface area contributed by atoms with E-state index in [0.29, 0.717) is 12.1 Å². The monoisotopic (exact) mass is 490 g/mol. The molecule has 0 fully saturated rings. The van der Waals surface area contributed by atoms with Crippen molar-refractivity contribution in [1.29, 1.82) is 0 Å². The van der Waals surface area contributed by atoms with Crippen molar-refractivity contribution in [3.05, 3.63) is 28.5 Å². The van der Waals surface area contributed by atoms with Crippen molar-refractivity contribution in [3.63, 3.8) is 0 Å². The van der Waals surface area contributed by atoms with Crippen LogP contribution in [-0.4, -0.2) is 48.5 Å². The third-order valence-electron chi connectivity index (χ3n) is 3.43. The predicted molar refractivity (Wildman–Crippen MR) is 101 cm³/mol. The van der Waals surface area contributed by atoms with Crippen LogP contribution >= 0.6 is 11.6 Å². The number of rotatable bonds is 7. The maximum Gasteiger partial charge on any atom is 0.459 e. The zero-order valence-electron chi connectivity index (χ0n) is 16.8. The number of nitrogens with zero attached hydrogens (tertiary/aromatic N) is 1. The molecule has 1 aromatic rings. The number of hydrogen-bond donors (Lipinski definition) is 1. The molecule has 1 N–H and O–H groups in total. The SMILES string of the molecule is CCOC(=O)CC(=NC(=O)Nc1cc(C(=O)OC(C)C)c(Cl)cc1F)C(F)(F)C(F)(F)F. The van der Waals surface area contributed by atoms with Crippen LogP contribution < -0.4 is 5.32 Å². The Kier molecular flexibility index (Phi) is 9.06. The molecule has 0 aliphatic rings. The summed E-state index contributed by atoms with van der Waals surface area (Å²) in [5, 5.41) is 1.21. The van der Waals surface area contributed by atoms with Gasteiger partial charge >= 0.3 is 30.1 Å². The van der Waals surface area contributed by atoms with Gasteiger partial charge in [0.25, 0.3) is 0 Å². The zero-order chi connectivity index (χ0) is 24.9. The van der Waals surface area contributed by atoms with E-state index in [1.165, 1.54) is 20.8 Å². The second-order valence-corrected chi connectivity index (χ2v) is 6.72. The van der Waals surface area contributed by atoms with Crippen LogP contribution in [0.15, 0.2) is 17.1 Å². The molecule has 0 saturated heterocycles. The number of ether oxygens (including phenoxy) is 2. The van der Waals surface area contributed by atoms with Crippen LogP contribution in [0.1, 0.15) is 37.6 Å². The minimum absolute atomic E-state index is 0.332. The number of aliphatic imine (C=N–C) groups is 1. The summed E-state index contributed by atoms with van der Waals surface area (Å²) in [5.74, 6) is -9.44. The molecule has 0 unspecified atom stereocenters. The highest BCUT2D eigenvalue weighted by molar-refractivity contribution is 6.33. The van der Waals surface area contributed by atoms with Gasteiger partial charge in [0.05, 0.1) is 35.4 Å². The van der Waals surface area contributed by atoms with Crippen molar-refractivity contribution >= 4 is 41.0 Å². The molecule has 0 aliphatic carbocycles. The van der Waals surface area contributed by atoms with Crippen LogP contribution in [0.3, 0.4) is 0 Å². The summed E-state index contributed by atoms with van der Waals surface area (Å²) in [6, 6.07) is -0.609. The van der Waals surface area contributed by atoms with Crippen molar-refractivity contribution in [2.45, 2.75) is 45.4 Å². The van der Waals surface area contributed by atoms with Crippen LogP contribution in [-0.2, 0) is 14.3 Å². The van der Waals surface area contributed by atoms with Crippen molar-refractivity contribution < 1.29 is 50.2 Å². The average molecular weight is 491 g/mol. The fraction of sp³-hybridized carbons (Fsp3) is 0.444. The van der Waals surface area contributed by atoms with E-state index >= 15 is 0 Å². The van der Waals surface area contributed by atoms with Gasteiger partial charge in [0.1, 0.15) is 11.5 Å². The fourth-order valence-electron chi connectivity index (χ4n) is 2.08. The summed E-state index contributed by atoms with van der Waals surface area (Å²) >= 11 is 5.74. The van der Waals surface area contributed by atoms with Gasteiger partial charge in [-0.25, -0.2) is 14.0 Å². The van der Waals surface area contributed by atoms with Crippen LogP contribution in [0.4, 0.5) is 36.8 Å². The van der Waals surface area contributed by atoms with Gasteiger partial charge in [-0.2, -0.15) is 26.9 Å². The van der Waals surface area contributed by atoms with Crippen molar-refractivity contribution in [2.75, 3.05) is 11.9 Å². The van der Waals surface area contributed by atoms with Gasteiger partial charge in [-0.1, -0.05) is 11.6 Å². The molecule has 1 aromatic carbocycles. The number of urea groups is 1. The number of nitrogens with one attached hydrogen (secondary N) is 1. The van der Waals surface area contributed by atoms with E-state index < -0.39 is 70.4 Å². The van der Waals surface area contributed by atoms with Crippen molar-refractivity contribution in [3.8, 4) is 0 Å². The van der Waals surface area contributed by atoms with Crippen LogP contribution in [0, 0.1) is 5.82 Å². The molecule has 0 bridgehead atoms. The molecule has 0 radical (unpaired) electrons. The van der Waals surface area contributed by atoms with Gasteiger partial charge in [-0.05, 0) is 32.9 Å². The molecule has 32 heavy (non-hydrogen) atoms. The second-order valence-electron chi connectivity index (χ2n) is 6.31. The first-order valence-electron chi connectivity index (χ1n) is 8.79. The van der Waals surface area contributed by atoms with Crippen molar-refractivity contribution in [1.82, 2.24) is 0 Å². The number of benzene rings is 1. The third kappa shape index (κ3) is 7.11. The highest BCUT2D eigenvalue weighted by atomic mass is 35.5. The number of alkyl halides is 5. The summed E-state index contributed by atoms with van der Waals surface area (Å²) in [7, 11) is 0. The van der Waals surface area contributed by atoms with E-state index in [2.05, 4.69) is 9.73 Å². The first-order valence-corrected chi connectivity index (χ1v) is 9.17. The van der Waals surface area contributed by atoms with E-state index in [4.69, 9.17) is 16.3 Å². The topological polar surface area (TPSA) is 94.1 Å². The van der Waals surface area contributed by atoms with Gasteiger partial charge in [0.15, 0.2) is 0 Å². The van der Waals surface area contributed by atoms with Crippen molar-refractivity contribution in [2.24, 2.45) is 4.99 Å². The largest absolute Gasteiger partial charge is 0.466 e. The first-order chi connectivity index (χ1) is 14.6. The minimum atomic E-state index is -6.18. The lowest BCUT2D eigenvalue weighted by Crippen LogP contribution is -2.45. The number of carbonyl (C=O) groups is 3. The standard InChI is InChI=1S/C18H17ClF6N2O5/c1-4-31-14(28)7-13(17(21,22)18(23,24)25)27-16(30)26-12-5-9(10(19)6-11(12)20)15(29)32-8(2)3/h5-6,8H,4,7H2,1-3H3,(H,26,30). The predicted octanol–water partition coefficient (Wildman–Crippen LogP) is 5.17. The lowest BCUT2D eigenvalue weighted by atomic mass is 10.1. The molecule has 7 nitrogen and oxygen atoms in total. The molecular formula is C18H17ClF6N2O5. The van der Waals surface area contributed by atoms with Gasteiger partial charge in [-0.15, -0.1) is 0 Å². The van der Waals surface area contributed by atoms with Gasteiger partial charge in [0, 0.05) is 0 Å². The van der Waals surface area contributed by atoms with Gasteiger partial charge in [-0.3, -0.25) is 4.79 Å². The average Bonchev–Trinajstić information content (AvgIpc) is 2.61. The number of carbonyl (C=O) groups excluding carboxylic acids is 3. The minimum Gasteiger partial charge on any atom is -0.466 e. The van der Waals surface area contributed by atoms with Crippen LogP contribution in [0.25, 0.3) is 0 Å². The zero-order valence-corrected chi connectivity index (χ0v) is 17.5. The Labute approximate surface area is 182 Å². The van der Waals surface area contributed by atoms with E-state index in [1.807, 2.05) is 0 Å². The summed E-state index contributed by atoms with van der Waals surface area (Å²) < 4.78 is 88.8. The Hall–Kier alpha value is -2.83. The number of amides is 2. The quantitative estimate of drug-likeness (QED) is 0.323. The Morgan fingerprint density at radius 2 is 1.75 bits per heavy atom. The first kappa shape index (κ1) is 27.2. The van der Waals surface area contributed by atoms with E-state index in [1.54, 1.807) is 5.32 Å². The molecule has 0 heterocycles. The Balaban J connectivity index is 3.31. The van der Waals surface area contributed by atoms with Gasteiger partial charge in [0.2, 0.25) is 0 Å². The maximum atomic E-state index is 14.1. The lowest BCUT2D eigenvalue weighted by molar-refractivity contribution is -0.249. The smallest absolute Gasteiger partial charge is 0.459 e. The summed E-state index contributed by atoms with van der Waals surface area (Å²) in [5.41, 5.74) is -3.41. The molecule has 14 heteroatoms. The molecule has 2 amide bonds. The van der Waals surface area contributed by atoms with E-state index in [9.17, 15) is 40.7 Å². The second kappa shape index (κ2) is 10.7. The highest BCUT2D eigenvalue weighted by Crippen LogP contribution is 2.38.